The molecule has 0 fully saturated rings. The number of carboxylic acids is 1. The van der Waals surface area contributed by atoms with Gasteiger partial charge in [-0.1, -0.05) is 18.5 Å². The molecule has 0 saturated carbocycles. The second-order valence-electron chi connectivity index (χ2n) is 4.36. The molecule has 1 heterocycles. The van der Waals surface area contributed by atoms with Crippen molar-refractivity contribution in [1.82, 2.24) is 0 Å². The van der Waals surface area contributed by atoms with Crippen LogP contribution < -0.4 is 4.74 Å². The Labute approximate surface area is 120 Å². The summed E-state index contributed by atoms with van der Waals surface area (Å²) in [5, 5.41) is 9.21. The van der Waals surface area contributed by atoms with Gasteiger partial charge in [0.25, 0.3) is 0 Å². The van der Waals surface area contributed by atoms with Crippen LogP contribution in [-0.2, 0) is 4.79 Å². The van der Waals surface area contributed by atoms with E-state index in [9.17, 15) is 9.59 Å². The number of rotatable bonds is 3. The number of ketones is 1. The van der Waals surface area contributed by atoms with Crippen molar-refractivity contribution in [2.24, 2.45) is 5.92 Å². The van der Waals surface area contributed by atoms with Gasteiger partial charge in [0.05, 0.1) is 23.6 Å². The monoisotopic (exact) mass is 300 g/mol. The number of halogens is 1. The molecule has 1 aliphatic heterocycles. The van der Waals surface area contributed by atoms with E-state index in [1.165, 1.54) is 18.9 Å². The van der Waals surface area contributed by atoms with Gasteiger partial charge in [0.15, 0.2) is 5.78 Å². The van der Waals surface area contributed by atoms with Gasteiger partial charge in [-0.2, -0.15) is 0 Å². The van der Waals surface area contributed by atoms with E-state index in [-0.39, 0.29) is 17.5 Å². The molecule has 0 bridgehead atoms. The lowest BCUT2D eigenvalue weighted by molar-refractivity contribution is -0.141. The van der Waals surface area contributed by atoms with E-state index in [1.54, 1.807) is 19.1 Å². The molecule has 2 atom stereocenters. The lowest BCUT2D eigenvalue weighted by atomic mass is 9.98. The molecular weight excluding hydrogens is 288 g/mol. The number of thioether (sulfide) groups is 1. The van der Waals surface area contributed by atoms with E-state index >= 15 is 0 Å². The normalized spacial score (nSPS) is 19.7. The molecule has 1 aromatic rings. The smallest absolute Gasteiger partial charge is 0.307 e. The number of fused-ring (bicyclic) bond motifs is 1. The van der Waals surface area contributed by atoms with Crippen LogP contribution in [0.3, 0.4) is 0 Å². The number of carbonyl (C=O) groups excluding carboxylic acids is 1. The van der Waals surface area contributed by atoms with Crippen LogP contribution in [0.25, 0.3) is 0 Å². The number of Topliss-reactive ketones (excluding diaryl/α,β-unsaturated/α-hetero) is 1. The summed E-state index contributed by atoms with van der Waals surface area (Å²) in [6, 6.07) is 3.31. The molecule has 6 heteroatoms. The van der Waals surface area contributed by atoms with Crippen molar-refractivity contribution in [3.05, 3.63) is 22.7 Å². The molecule has 2 rings (SSSR count). The van der Waals surface area contributed by atoms with E-state index in [2.05, 4.69) is 0 Å². The molecule has 19 heavy (non-hydrogen) atoms. The summed E-state index contributed by atoms with van der Waals surface area (Å²) in [6.07, 6.45) is 0.182. The molecule has 1 aromatic carbocycles. The number of carbonyl (C=O) groups is 2. The predicted molar refractivity (Wildman–Crippen MR) is 73.4 cm³/mol. The Morgan fingerprint density at radius 1 is 1.58 bits per heavy atom. The standard InChI is InChI=1S/C13H13ClO4S/c1-6(13(16)17)10-5-8(15)11-9(18-2)4-3-7(14)12(11)19-10/h3-4,6,10H,5H2,1-2H3,(H,16,17). The first kappa shape index (κ1) is 14.2. The average molecular weight is 301 g/mol. The van der Waals surface area contributed by atoms with Crippen LogP contribution >= 0.6 is 23.4 Å². The van der Waals surface area contributed by atoms with Gasteiger partial charge in [0, 0.05) is 16.6 Å². The lowest BCUT2D eigenvalue weighted by Crippen LogP contribution is -2.28. The summed E-state index contributed by atoms with van der Waals surface area (Å²) >= 11 is 7.45. The largest absolute Gasteiger partial charge is 0.496 e. The Bertz CT molecular complexity index is 544. The third-order valence-electron chi connectivity index (χ3n) is 3.17. The van der Waals surface area contributed by atoms with Gasteiger partial charge in [-0.3, -0.25) is 9.59 Å². The zero-order valence-electron chi connectivity index (χ0n) is 10.5. The van der Waals surface area contributed by atoms with E-state index < -0.39 is 11.9 Å². The number of benzene rings is 1. The number of hydrogen-bond donors (Lipinski definition) is 1. The van der Waals surface area contributed by atoms with Gasteiger partial charge in [0.1, 0.15) is 5.75 Å². The van der Waals surface area contributed by atoms with Crippen LogP contribution in [0.2, 0.25) is 5.02 Å². The average Bonchev–Trinajstić information content (AvgIpc) is 2.38. The Balaban J connectivity index is 2.44. The van der Waals surface area contributed by atoms with Crippen LogP contribution in [0.5, 0.6) is 5.75 Å². The maximum Gasteiger partial charge on any atom is 0.307 e. The molecule has 0 aliphatic carbocycles. The molecule has 0 spiro atoms. The Morgan fingerprint density at radius 3 is 2.84 bits per heavy atom. The summed E-state index contributed by atoms with van der Waals surface area (Å²) in [4.78, 5) is 23.9. The number of carboxylic acid groups (broad SMARTS) is 1. The van der Waals surface area contributed by atoms with Crippen LogP contribution in [0.4, 0.5) is 0 Å². The van der Waals surface area contributed by atoms with E-state index in [1.807, 2.05) is 0 Å². The summed E-state index contributed by atoms with van der Waals surface area (Å²) in [6.45, 7) is 1.60. The first-order valence-electron chi connectivity index (χ1n) is 5.74. The fourth-order valence-electron chi connectivity index (χ4n) is 2.00. The van der Waals surface area contributed by atoms with Crippen molar-refractivity contribution in [2.45, 2.75) is 23.5 Å². The van der Waals surface area contributed by atoms with Crippen molar-refractivity contribution in [3.8, 4) is 5.75 Å². The van der Waals surface area contributed by atoms with E-state index in [0.29, 0.717) is 21.2 Å². The predicted octanol–water partition coefficient (Wildman–Crippen LogP) is 3.12. The number of methoxy groups -OCH3 is 1. The summed E-state index contributed by atoms with van der Waals surface area (Å²) in [5.74, 6) is -1.15. The number of aliphatic carboxylic acids is 1. The second kappa shape index (κ2) is 5.43. The highest BCUT2D eigenvalue weighted by Crippen LogP contribution is 2.45. The van der Waals surface area contributed by atoms with Gasteiger partial charge in [0.2, 0.25) is 0 Å². The summed E-state index contributed by atoms with van der Waals surface area (Å²) in [7, 11) is 1.49. The molecule has 0 amide bonds. The highest BCUT2D eigenvalue weighted by atomic mass is 35.5. The van der Waals surface area contributed by atoms with Crippen molar-refractivity contribution in [2.75, 3.05) is 7.11 Å². The SMILES string of the molecule is COc1ccc(Cl)c2c1C(=O)CC(C(C)C(=O)O)S2. The van der Waals surface area contributed by atoms with Crippen molar-refractivity contribution >= 4 is 35.1 Å². The van der Waals surface area contributed by atoms with Crippen LogP contribution in [0.1, 0.15) is 23.7 Å². The Morgan fingerprint density at radius 2 is 2.26 bits per heavy atom. The van der Waals surface area contributed by atoms with E-state index in [0.717, 1.165) is 0 Å². The maximum absolute atomic E-state index is 12.2. The Hall–Kier alpha value is -1.20. The fourth-order valence-corrected chi connectivity index (χ4v) is 3.67. The van der Waals surface area contributed by atoms with Crippen LogP contribution in [0.15, 0.2) is 17.0 Å². The third-order valence-corrected chi connectivity index (χ3v) is 5.14. The molecular formula is C13H13ClO4S. The molecule has 4 nitrogen and oxygen atoms in total. The molecule has 1 aliphatic rings. The minimum absolute atomic E-state index is 0.119. The van der Waals surface area contributed by atoms with Gasteiger partial charge < -0.3 is 9.84 Å². The van der Waals surface area contributed by atoms with Gasteiger partial charge >= 0.3 is 5.97 Å². The molecule has 0 radical (unpaired) electrons. The van der Waals surface area contributed by atoms with Crippen LogP contribution in [-0.4, -0.2) is 29.2 Å². The molecule has 0 saturated heterocycles. The first-order valence-corrected chi connectivity index (χ1v) is 7.00. The number of ether oxygens (including phenoxy) is 1. The van der Waals surface area contributed by atoms with Gasteiger partial charge in [-0.25, -0.2) is 0 Å². The minimum atomic E-state index is -0.909. The molecule has 1 N–H and O–H groups in total. The first-order chi connectivity index (χ1) is 8.95. The van der Waals surface area contributed by atoms with Gasteiger partial charge in [-0.15, -0.1) is 11.8 Å². The van der Waals surface area contributed by atoms with Gasteiger partial charge in [-0.05, 0) is 12.1 Å². The highest BCUT2D eigenvalue weighted by Gasteiger charge is 2.35. The number of hydrogen-bond acceptors (Lipinski definition) is 4. The second-order valence-corrected chi connectivity index (χ2v) is 6.02. The topological polar surface area (TPSA) is 63.6 Å². The van der Waals surface area contributed by atoms with Crippen molar-refractivity contribution < 1.29 is 19.4 Å². The fraction of sp³-hybridized carbons (Fsp3) is 0.385. The zero-order chi connectivity index (χ0) is 14.2. The van der Waals surface area contributed by atoms with Crippen molar-refractivity contribution in [3.63, 3.8) is 0 Å². The van der Waals surface area contributed by atoms with Crippen molar-refractivity contribution in [1.29, 1.82) is 0 Å². The maximum atomic E-state index is 12.2. The Kier molecular flexibility index (Phi) is 4.06. The van der Waals surface area contributed by atoms with Crippen LogP contribution in [0, 0.1) is 5.92 Å². The third kappa shape index (κ3) is 2.58. The summed E-state index contributed by atoms with van der Waals surface area (Å²) < 4.78 is 5.17. The minimum Gasteiger partial charge on any atom is -0.496 e. The molecule has 102 valence electrons. The summed E-state index contributed by atoms with van der Waals surface area (Å²) in [5.41, 5.74) is 0.467. The van der Waals surface area contributed by atoms with E-state index in [4.69, 9.17) is 21.4 Å². The zero-order valence-corrected chi connectivity index (χ0v) is 12.0. The molecule has 2 unspecified atom stereocenters. The quantitative estimate of drug-likeness (QED) is 0.929. The highest BCUT2D eigenvalue weighted by molar-refractivity contribution is 8.00. The molecule has 0 aromatic heterocycles. The lowest BCUT2D eigenvalue weighted by Gasteiger charge is -2.27.